The number of carbonyl (C=O) groups is 2. The highest BCUT2D eigenvalue weighted by Crippen LogP contribution is 2.16. The zero-order chi connectivity index (χ0) is 17.7. The van der Waals surface area contributed by atoms with E-state index >= 15 is 0 Å². The van der Waals surface area contributed by atoms with Crippen LogP contribution in [0.5, 0.6) is 0 Å². The maximum absolute atomic E-state index is 12.9. The summed E-state index contributed by atoms with van der Waals surface area (Å²) in [7, 11) is 0. The van der Waals surface area contributed by atoms with Crippen molar-refractivity contribution in [2.45, 2.75) is 26.7 Å². The molecule has 0 radical (unpaired) electrons. The molecule has 0 atom stereocenters. The molecule has 0 saturated heterocycles. The zero-order valence-corrected chi connectivity index (χ0v) is 14.3. The quantitative estimate of drug-likeness (QED) is 0.805. The molecule has 24 heavy (non-hydrogen) atoms. The molecule has 1 heterocycles. The van der Waals surface area contributed by atoms with Gasteiger partial charge in [-0.2, -0.15) is 0 Å². The average molecular weight is 350 g/mol. The van der Waals surface area contributed by atoms with E-state index in [2.05, 4.69) is 10.3 Å². The lowest BCUT2D eigenvalue weighted by molar-refractivity contribution is -0.146. The predicted octanol–water partition coefficient (Wildman–Crippen LogP) is 2.64. The van der Waals surface area contributed by atoms with Gasteiger partial charge in [0.1, 0.15) is 5.82 Å². The van der Waals surface area contributed by atoms with Crippen LogP contribution in [0.1, 0.15) is 30.1 Å². The second-order valence-electron chi connectivity index (χ2n) is 6.18. The molecule has 1 amide bonds. The lowest BCUT2D eigenvalue weighted by atomic mass is 9.94. The second-order valence-corrected chi connectivity index (χ2v) is 7.12. The molecule has 2 aromatic rings. The summed E-state index contributed by atoms with van der Waals surface area (Å²) < 4.78 is 12.9. The van der Waals surface area contributed by atoms with Crippen LogP contribution in [0.15, 0.2) is 29.6 Å². The van der Waals surface area contributed by atoms with E-state index in [1.54, 1.807) is 31.4 Å². The Bertz CT molecular complexity index is 726. The summed E-state index contributed by atoms with van der Waals surface area (Å²) in [5.74, 6) is -1.50. The molecule has 1 aromatic heterocycles. The van der Waals surface area contributed by atoms with Crippen molar-refractivity contribution in [1.29, 1.82) is 0 Å². The van der Waals surface area contributed by atoms with Gasteiger partial charge in [0.15, 0.2) is 0 Å². The van der Waals surface area contributed by atoms with Crippen LogP contribution >= 0.6 is 11.3 Å². The van der Waals surface area contributed by atoms with E-state index in [0.717, 1.165) is 10.6 Å². The Kier molecular flexibility index (Phi) is 5.66. The molecule has 0 saturated carbocycles. The molecule has 0 aliphatic carbocycles. The van der Waals surface area contributed by atoms with Crippen LogP contribution in [0.3, 0.4) is 0 Å². The lowest BCUT2D eigenvalue weighted by Gasteiger charge is -2.19. The van der Waals surface area contributed by atoms with Crippen molar-refractivity contribution < 1.29 is 19.1 Å². The van der Waals surface area contributed by atoms with Gasteiger partial charge < -0.3 is 10.4 Å². The molecule has 128 valence electrons. The second kappa shape index (κ2) is 7.53. The first kappa shape index (κ1) is 18.1. The molecule has 0 spiro atoms. The van der Waals surface area contributed by atoms with Gasteiger partial charge in [0.2, 0.25) is 5.91 Å². The third kappa shape index (κ3) is 5.13. The van der Waals surface area contributed by atoms with Gasteiger partial charge in [-0.1, -0.05) is 12.1 Å². The fraction of sp³-hybridized carbons (Fsp3) is 0.353. The van der Waals surface area contributed by atoms with E-state index in [0.29, 0.717) is 12.1 Å². The van der Waals surface area contributed by atoms with Crippen LogP contribution in [-0.4, -0.2) is 28.5 Å². The number of hydrogen-bond acceptors (Lipinski definition) is 4. The molecule has 0 fully saturated rings. The molecule has 2 rings (SSSR count). The molecule has 0 unspecified atom stereocenters. The summed E-state index contributed by atoms with van der Waals surface area (Å²) >= 11 is 1.44. The van der Waals surface area contributed by atoms with Crippen LogP contribution in [0, 0.1) is 11.2 Å². The van der Waals surface area contributed by atoms with Gasteiger partial charge in [0.25, 0.3) is 0 Å². The zero-order valence-electron chi connectivity index (χ0n) is 13.5. The van der Waals surface area contributed by atoms with Gasteiger partial charge in [-0.3, -0.25) is 9.59 Å². The van der Waals surface area contributed by atoms with Gasteiger partial charge in [0, 0.05) is 18.3 Å². The monoisotopic (exact) mass is 350 g/mol. The van der Waals surface area contributed by atoms with E-state index in [4.69, 9.17) is 5.11 Å². The number of thiazole rings is 1. The minimum atomic E-state index is -1.01. The van der Waals surface area contributed by atoms with E-state index < -0.39 is 11.4 Å². The molecule has 0 aliphatic rings. The van der Waals surface area contributed by atoms with Crippen molar-refractivity contribution in [2.75, 3.05) is 6.54 Å². The number of benzene rings is 1. The average Bonchev–Trinajstić information content (AvgIpc) is 2.94. The summed E-state index contributed by atoms with van der Waals surface area (Å²) in [6.07, 6.45) is 0.689. The number of aliphatic carboxylic acids is 1. The number of carbonyl (C=O) groups excluding carboxylic acids is 1. The first-order valence-corrected chi connectivity index (χ1v) is 8.32. The van der Waals surface area contributed by atoms with Gasteiger partial charge in [-0.25, -0.2) is 9.37 Å². The number of hydrogen-bond donors (Lipinski definition) is 2. The summed E-state index contributed by atoms with van der Waals surface area (Å²) in [6, 6.07) is 6.22. The Labute approximate surface area is 143 Å². The molecule has 0 aliphatic heterocycles. The number of nitrogens with one attached hydrogen (secondary N) is 1. The normalized spacial score (nSPS) is 11.3. The van der Waals surface area contributed by atoms with Crippen molar-refractivity contribution >= 4 is 23.2 Å². The Balaban J connectivity index is 1.88. The first-order chi connectivity index (χ1) is 11.3. The maximum Gasteiger partial charge on any atom is 0.310 e. The van der Waals surface area contributed by atoms with Crippen LogP contribution in [-0.2, 0) is 22.4 Å². The minimum absolute atomic E-state index is 0.0632. The summed E-state index contributed by atoms with van der Waals surface area (Å²) in [4.78, 5) is 27.3. The van der Waals surface area contributed by atoms with Crippen molar-refractivity contribution in [3.05, 3.63) is 51.7 Å². The molecule has 0 bridgehead atoms. The molecule has 1 aromatic carbocycles. The van der Waals surface area contributed by atoms with E-state index in [1.165, 1.54) is 23.5 Å². The highest BCUT2D eigenvalue weighted by molar-refractivity contribution is 7.09. The number of carboxylic acids is 1. The number of carboxylic acid groups (broad SMARTS) is 1. The molecule has 7 heteroatoms. The number of nitrogens with zero attached hydrogens (tertiary/aromatic N) is 1. The van der Waals surface area contributed by atoms with Crippen molar-refractivity contribution in [1.82, 2.24) is 10.3 Å². The molecular weight excluding hydrogens is 331 g/mol. The third-order valence-corrected chi connectivity index (χ3v) is 4.41. The fourth-order valence-corrected chi connectivity index (χ4v) is 2.74. The summed E-state index contributed by atoms with van der Waals surface area (Å²) in [6.45, 7) is 3.17. The third-order valence-electron chi connectivity index (χ3n) is 3.52. The number of rotatable bonds is 7. The van der Waals surface area contributed by atoms with E-state index in [-0.39, 0.29) is 24.7 Å². The lowest BCUT2D eigenvalue weighted by Crippen LogP contribution is -2.39. The Morgan fingerprint density at radius 2 is 1.96 bits per heavy atom. The predicted molar refractivity (Wildman–Crippen MR) is 89.5 cm³/mol. The van der Waals surface area contributed by atoms with Crippen LogP contribution in [0.4, 0.5) is 4.39 Å². The fourth-order valence-electron chi connectivity index (χ4n) is 1.91. The van der Waals surface area contributed by atoms with Crippen LogP contribution in [0.2, 0.25) is 0 Å². The number of halogens is 1. The summed E-state index contributed by atoms with van der Waals surface area (Å²) in [5, 5.41) is 14.3. The topological polar surface area (TPSA) is 79.3 Å². The van der Waals surface area contributed by atoms with Gasteiger partial charge in [-0.15, -0.1) is 11.3 Å². The highest BCUT2D eigenvalue weighted by Gasteiger charge is 2.27. The molecule has 5 nitrogen and oxygen atoms in total. The molecular formula is C17H19FN2O3S. The standard InChI is InChI=1S/C17H19FN2O3S/c1-17(2,16(22)23)10-19-14(21)8-13-9-24-15(20-13)7-11-3-5-12(18)6-4-11/h3-6,9H,7-8,10H2,1-2H3,(H,19,21)(H,22,23). The maximum atomic E-state index is 12.9. The Morgan fingerprint density at radius 1 is 1.29 bits per heavy atom. The van der Waals surface area contributed by atoms with Gasteiger partial charge in [0.05, 0.1) is 22.5 Å². The van der Waals surface area contributed by atoms with Crippen molar-refractivity contribution in [2.24, 2.45) is 5.41 Å². The summed E-state index contributed by atoms with van der Waals surface area (Å²) in [5.41, 5.74) is 0.582. The minimum Gasteiger partial charge on any atom is -0.481 e. The smallest absolute Gasteiger partial charge is 0.310 e. The van der Waals surface area contributed by atoms with Gasteiger partial charge >= 0.3 is 5.97 Å². The van der Waals surface area contributed by atoms with Crippen molar-refractivity contribution in [3.8, 4) is 0 Å². The highest BCUT2D eigenvalue weighted by atomic mass is 32.1. The number of aromatic nitrogens is 1. The van der Waals surface area contributed by atoms with Crippen LogP contribution in [0.25, 0.3) is 0 Å². The Hall–Kier alpha value is -2.28. The van der Waals surface area contributed by atoms with Crippen LogP contribution < -0.4 is 5.32 Å². The SMILES string of the molecule is CC(C)(CNC(=O)Cc1csc(Cc2ccc(F)cc2)n1)C(=O)O. The van der Waals surface area contributed by atoms with Gasteiger partial charge in [-0.05, 0) is 31.5 Å². The van der Waals surface area contributed by atoms with Crippen molar-refractivity contribution in [3.63, 3.8) is 0 Å². The first-order valence-electron chi connectivity index (χ1n) is 7.44. The largest absolute Gasteiger partial charge is 0.481 e. The van der Waals surface area contributed by atoms with E-state index in [1.807, 2.05) is 0 Å². The Morgan fingerprint density at radius 3 is 2.58 bits per heavy atom. The molecule has 2 N–H and O–H groups in total. The number of amides is 1. The van der Waals surface area contributed by atoms with E-state index in [9.17, 15) is 14.0 Å².